The van der Waals surface area contributed by atoms with E-state index in [0.717, 1.165) is 5.56 Å². The lowest BCUT2D eigenvalue weighted by molar-refractivity contribution is -0.118. The first-order chi connectivity index (χ1) is 15.3. The SMILES string of the molecule is CC(=O)c1cccc(OCC(=O)Nc2ccc(S(=O)(=O)N(C)Cc3ccccc3)cc2)c1. The number of anilines is 1. The van der Waals surface area contributed by atoms with Crippen molar-refractivity contribution < 1.29 is 22.7 Å². The number of ether oxygens (including phenoxy) is 1. The summed E-state index contributed by atoms with van der Waals surface area (Å²) in [6, 6.07) is 21.8. The zero-order chi connectivity index (χ0) is 23.1. The normalized spacial score (nSPS) is 11.2. The number of nitrogens with zero attached hydrogens (tertiary/aromatic N) is 1. The molecule has 0 saturated heterocycles. The maximum Gasteiger partial charge on any atom is 0.262 e. The minimum absolute atomic E-state index is 0.0932. The zero-order valence-electron chi connectivity index (χ0n) is 17.8. The average Bonchev–Trinajstić information content (AvgIpc) is 2.79. The number of rotatable bonds is 9. The molecular weight excluding hydrogens is 428 g/mol. The van der Waals surface area contributed by atoms with E-state index in [-0.39, 0.29) is 23.8 Å². The minimum atomic E-state index is -3.67. The number of ketones is 1. The average molecular weight is 453 g/mol. The first-order valence-electron chi connectivity index (χ1n) is 9.90. The van der Waals surface area contributed by atoms with E-state index in [0.29, 0.717) is 17.0 Å². The fourth-order valence-corrected chi connectivity index (χ4v) is 4.13. The molecule has 0 aliphatic carbocycles. The van der Waals surface area contributed by atoms with Crippen LogP contribution in [0.1, 0.15) is 22.8 Å². The number of hydrogen-bond donors (Lipinski definition) is 1. The number of benzene rings is 3. The third kappa shape index (κ3) is 6.03. The van der Waals surface area contributed by atoms with Crippen LogP contribution in [0.4, 0.5) is 5.69 Å². The van der Waals surface area contributed by atoms with E-state index in [9.17, 15) is 18.0 Å². The van der Waals surface area contributed by atoms with Gasteiger partial charge in [0, 0.05) is 24.8 Å². The van der Waals surface area contributed by atoms with Gasteiger partial charge in [-0.2, -0.15) is 4.31 Å². The predicted molar refractivity (Wildman–Crippen MR) is 122 cm³/mol. The van der Waals surface area contributed by atoms with Gasteiger partial charge in [0.15, 0.2) is 12.4 Å². The summed E-state index contributed by atoms with van der Waals surface area (Å²) in [4.78, 5) is 23.7. The van der Waals surface area contributed by atoms with E-state index in [1.54, 1.807) is 24.3 Å². The van der Waals surface area contributed by atoms with E-state index < -0.39 is 15.9 Å². The van der Waals surface area contributed by atoms with Crippen LogP contribution in [0.2, 0.25) is 0 Å². The molecular formula is C24H24N2O5S. The van der Waals surface area contributed by atoms with Crippen molar-refractivity contribution in [3.63, 3.8) is 0 Å². The van der Waals surface area contributed by atoms with Gasteiger partial charge in [0.25, 0.3) is 5.91 Å². The Balaban J connectivity index is 1.58. The molecule has 0 aromatic heterocycles. The van der Waals surface area contributed by atoms with Crippen molar-refractivity contribution >= 4 is 27.4 Å². The highest BCUT2D eigenvalue weighted by Crippen LogP contribution is 2.19. The summed E-state index contributed by atoms with van der Waals surface area (Å²) in [5.41, 5.74) is 1.83. The first-order valence-corrected chi connectivity index (χ1v) is 11.3. The third-order valence-corrected chi connectivity index (χ3v) is 6.52. The van der Waals surface area contributed by atoms with Crippen molar-refractivity contribution in [2.75, 3.05) is 19.0 Å². The smallest absolute Gasteiger partial charge is 0.262 e. The van der Waals surface area contributed by atoms with Crippen LogP contribution < -0.4 is 10.1 Å². The highest BCUT2D eigenvalue weighted by atomic mass is 32.2. The monoisotopic (exact) mass is 452 g/mol. The maximum absolute atomic E-state index is 12.8. The maximum atomic E-state index is 12.8. The largest absolute Gasteiger partial charge is 0.484 e. The van der Waals surface area contributed by atoms with E-state index >= 15 is 0 Å². The molecule has 166 valence electrons. The molecule has 7 nitrogen and oxygen atoms in total. The molecule has 0 radical (unpaired) electrons. The Kier molecular flexibility index (Phi) is 7.40. The van der Waals surface area contributed by atoms with Gasteiger partial charge >= 0.3 is 0 Å². The number of nitrogens with one attached hydrogen (secondary N) is 1. The molecule has 1 amide bonds. The van der Waals surface area contributed by atoms with Crippen LogP contribution in [0.15, 0.2) is 83.8 Å². The Morgan fingerprint density at radius 2 is 1.62 bits per heavy atom. The lowest BCUT2D eigenvalue weighted by Crippen LogP contribution is -2.26. The van der Waals surface area contributed by atoms with Gasteiger partial charge in [0.05, 0.1) is 4.90 Å². The minimum Gasteiger partial charge on any atom is -0.484 e. The Hall–Kier alpha value is -3.49. The van der Waals surface area contributed by atoms with Crippen LogP contribution in [-0.2, 0) is 21.4 Å². The number of carbonyl (C=O) groups is 2. The predicted octanol–water partition coefficient (Wildman–Crippen LogP) is 3.73. The lowest BCUT2D eigenvalue weighted by atomic mass is 10.1. The van der Waals surface area contributed by atoms with Crippen molar-refractivity contribution in [3.8, 4) is 5.75 Å². The molecule has 3 aromatic carbocycles. The molecule has 1 N–H and O–H groups in total. The summed E-state index contributed by atoms with van der Waals surface area (Å²) in [6.45, 7) is 1.46. The third-order valence-electron chi connectivity index (χ3n) is 4.70. The molecule has 0 atom stereocenters. The topological polar surface area (TPSA) is 92.8 Å². The Bertz CT molecular complexity index is 1190. The van der Waals surface area contributed by atoms with E-state index in [4.69, 9.17) is 4.74 Å². The molecule has 0 spiro atoms. The second-order valence-corrected chi connectivity index (χ2v) is 9.24. The molecule has 3 aromatic rings. The van der Waals surface area contributed by atoms with E-state index in [2.05, 4.69) is 5.32 Å². The molecule has 0 saturated carbocycles. The van der Waals surface area contributed by atoms with Gasteiger partial charge in [-0.3, -0.25) is 9.59 Å². The molecule has 0 heterocycles. The summed E-state index contributed by atoms with van der Waals surface area (Å²) in [5, 5.41) is 2.66. The Labute approximate surface area is 187 Å². The molecule has 3 rings (SSSR count). The zero-order valence-corrected chi connectivity index (χ0v) is 18.6. The van der Waals surface area contributed by atoms with Gasteiger partial charge in [-0.25, -0.2) is 8.42 Å². The van der Waals surface area contributed by atoms with Gasteiger partial charge in [-0.1, -0.05) is 42.5 Å². The Morgan fingerprint density at radius 1 is 0.938 bits per heavy atom. The van der Waals surface area contributed by atoms with Crippen molar-refractivity contribution in [1.29, 1.82) is 0 Å². The quantitative estimate of drug-likeness (QED) is 0.500. The summed E-state index contributed by atoms with van der Waals surface area (Å²) in [7, 11) is -2.15. The lowest BCUT2D eigenvalue weighted by Gasteiger charge is -2.17. The molecule has 0 aliphatic rings. The number of carbonyl (C=O) groups excluding carboxylic acids is 2. The van der Waals surface area contributed by atoms with Gasteiger partial charge in [0.2, 0.25) is 10.0 Å². The van der Waals surface area contributed by atoms with Crippen LogP contribution >= 0.6 is 0 Å². The molecule has 0 fully saturated rings. The van der Waals surface area contributed by atoms with Crippen molar-refractivity contribution in [1.82, 2.24) is 4.31 Å². The number of hydrogen-bond acceptors (Lipinski definition) is 5. The first kappa shape index (κ1) is 23.2. The second-order valence-electron chi connectivity index (χ2n) is 7.19. The number of Topliss-reactive ketones (excluding diaryl/α,β-unsaturated/α-hetero) is 1. The van der Waals surface area contributed by atoms with Crippen LogP contribution in [0.3, 0.4) is 0 Å². The highest BCUT2D eigenvalue weighted by Gasteiger charge is 2.21. The summed E-state index contributed by atoms with van der Waals surface area (Å²) in [6.07, 6.45) is 0. The molecule has 8 heteroatoms. The highest BCUT2D eigenvalue weighted by molar-refractivity contribution is 7.89. The van der Waals surface area contributed by atoms with Gasteiger partial charge < -0.3 is 10.1 Å². The molecule has 0 unspecified atom stereocenters. The van der Waals surface area contributed by atoms with Crippen molar-refractivity contribution in [3.05, 3.63) is 90.0 Å². The Morgan fingerprint density at radius 3 is 2.28 bits per heavy atom. The fourth-order valence-electron chi connectivity index (χ4n) is 2.97. The number of amides is 1. The fraction of sp³-hybridized carbons (Fsp3) is 0.167. The molecule has 32 heavy (non-hydrogen) atoms. The van der Waals surface area contributed by atoms with Crippen LogP contribution in [0.25, 0.3) is 0 Å². The van der Waals surface area contributed by atoms with Crippen LogP contribution in [0, 0.1) is 0 Å². The molecule has 0 aliphatic heterocycles. The summed E-state index contributed by atoms with van der Waals surface area (Å²) >= 11 is 0. The van der Waals surface area contributed by atoms with Gasteiger partial charge in [-0.15, -0.1) is 0 Å². The van der Waals surface area contributed by atoms with Crippen LogP contribution in [-0.4, -0.2) is 38.1 Å². The van der Waals surface area contributed by atoms with E-state index in [1.807, 2.05) is 30.3 Å². The second kappa shape index (κ2) is 10.2. The molecule has 0 bridgehead atoms. The van der Waals surface area contributed by atoms with Crippen molar-refractivity contribution in [2.24, 2.45) is 0 Å². The number of sulfonamides is 1. The standard InChI is InChI=1S/C24H24N2O5S/c1-18(27)20-9-6-10-22(15-20)31-17-24(28)25-21-11-13-23(14-12-21)32(29,30)26(2)16-19-7-4-3-5-8-19/h3-15H,16-17H2,1-2H3,(H,25,28). The summed E-state index contributed by atoms with van der Waals surface area (Å²) < 4.78 is 32.3. The van der Waals surface area contributed by atoms with E-state index in [1.165, 1.54) is 42.5 Å². The summed E-state index contributed by atoms with van der Waals surface area (Å²) in [5.74, 6) is -0.0878. The van der Waals surface area contributed by atoms with Gasteiger partial charge in [-0.05, 0) is 48.9 Å². The van der Waals surface area contributed by atoms with Crippen molar-refractivity contribution in [2.45, 2.75) is 18.4 Å². The van der Waals surface area contributed by atoms with Crippen LogP contribution in [0.5, 0.6) is 5.75 Å². The van der Waals surface area contributed by atoms with Gasteiger partial charge in [0.1, 0.15) is 5.75 Å².